The predicted molar refractivity (Wildman–Crippen MR) is 408 cm³/mol. The molecule has 0 bridgehead atoms. The van der Waals surface area contributed by atoms with Crippen molar-refractivity contribution in [2.45, 2.75) is 196 Å². The Bertz CT molecular complexity index is 3980. The van der Waals surface area contributed by atoms with Gasteiger partial charge in [0.05, 0.1) is 6.04 Å². The molecule has 5 aromatic rings. The lowest BCUT2D eigenvalue weighted by molar-refractivity contribution is -0.144. The number of benzene rings is 3. The number of aromatic amines is 2. The summed E-state index contributed by atoms with van der Waals surface area (Å²) in [4.78, 5) is 197. The minimum absolute atomic E-state index is 0.0616. The zero-order valence-corrected chi connectivity index (χ0v) is 62.3. The van der Waals surface area contributed by atoms with Crippen LogP contribution in [0.25, 0.3) is 21.8 Å². The van der Waals surface area contributed by atoms with Crippen LogP contribution >= 0.6 is 11.8 Å². The SMILES string of the molecule is CSCC[C@H](NC(=O)[C@H](CC(C)C)NC(=O)[C@@H](Cc1c[nH]c2ccccc12)NC(=O)[C@H](Cc1ccccc1)NC(=O)[C@@H](Cc1c[nH]c2ccccc12)NC(=O)[C@H](CCC(N)=O)NC(=O)[C@H](CCC(N)=O)NC(=O)[C@@H]1CCCN1C(=O)[C@H](CCCCN)NC(=O)[C@H]1CCCN1C(=O)[C@H](N)CCCN=C(N)N)C(N)=O. The smallest absolute Gasteiger partial charge is 0.245 e. The van der Waals surface area contributed by atoms with E-state index in [0.717, 1.165) is 10.9 Å². The maximum absolute atomic E-state index is 15.4. The summed E-state index contributed by atoms with van der Waals surface area (Å²) < 4.78 is 0. The number of guanidine groups is 1. The van der Waals surface area contributed by atoms with Crippen LogP contribution in [0.2, 0.25) is 0 Å². The Balaban J connectivity index is 1.15. The van der Waals surface area contributed by atoms with Gasteiger partial charge in [-0.25, -0.2) is 0 Å². The first kappa shape index (κ1) is 84.6. The highest BCUT2D eigenvalue weighted by atomic mass is 32.2. The molecule has 2 fully saturated rings. The average Bonchev–Trinajstić information content (AvgIpc) is 1.65. The Morgan fingerprint density at radius 3 is 1.44 bits per heavy atom. The van der Waals surface area contributed by atoms with Gasteiger partial charge in [-0.05, 0) is 137 Å². The normalized spacial score (nSPS) is 16.6. The minimum atomic E-state index is -1.69. The van der Waals surface area contributed by atoms with E-state index < -0.39 is 169 Å². The number of nitrogens with two attached hydrogens (primary N) is 7. The van der Waals surface area contributed by atoms with E-state index in [-0.39, 0.29) is 89.4 Å². The van der Waals surface area contributed by atoms with Crippen molar-refractivity contribution in [2.75, 3.05) is 38.2 Å². The molecule has 0 saturated carbocycles. The maximum atomic E-state index is 15.4. The van der Waals surface area contributed by atoms with E-state index in [2.05, 4.69) is 57.5 Å². The van der Waals surface area contributed by atoms with Crippen molar-refractivity contribution in [3.63, 3.8) is 0 Å². The number of fused-ring (bicyclic) bond motifs is 2. The van der Waals surface area contributed by atoms with Crippen molar-refractivity contribution in [3.8, 4) is 0 Å². The summed E-state index contributed by atoms with van der Waals surface area (Å²) >= 11 is 1.45. The topological polar surface area (TPSA) is 551 Å². The summed E-state index contributed by atoms with van der Waals surface area (Å²) in [5, 5.41) is 23.5. The fourth-order valence-electron chi connectivity index (χ4n) is 13.4. The molecule has 0 radical (unpaired) electrons. The first-order valence-electron chi connectivity index (χ1n) is 36.7. The molecule has 586 valence electrons. The molecule has 2 aliphatic heterocycles. The number of H-pyrrole nitrogens is 2. The van der Waals surface area contributed by atoms with Crippen LogP contribution in [0.3, 0.4) is 0 Å². The Morgan fingerprint density at radius 2 is 0.944 bits per heavy atom. The third-order valence-electron chi connectivity index (χ3n) is 19.1. The molecule has 3 aromatic carbocycles. The van der Waals surface area contributed by atoms with Crippen molar-refractivity contribution in [2.24, 2.45) is 51.0 Å². The molecule has 0 aliphatic carbocycles. The van der Waals surface area contributed by atoms with Gasteiger partial charge in [0.15, 0.2) is 5.96 Å². The highest BCUT2D eigenvalue weighted by Gasteiger charge is 2.43. The fourth-order valence-corrected chi connectivity index (χ4v) is 13.9. The van der Waals surface area contributed by atoms with Gasteiger partial charge in [0, 0.05) is 85.9 Å². The summed E-state index contributed by atoms with van der Waals surface area (Å²) in [5.74, 6) is -10.1. The number of unbranched alkanes of at least 4 members (excludes halogenated alkanes) is 1. The molecule has 0 spiro atoms. The van der Waals surface area contributed by atoms with Crippen LogP contribution in [0.1, 0.15) is 127 Å². The van der Waals surface area contributed by atoms with Gasteiger partial charge >= 0.3 is 0 Å². The number of likely N-dealkylation sites (tertiary alicyclic amines) is 2. The van der Waals surface area contributed by atoms with Crippen LogP contribution in [-0.4, -0.2) is 207 Å². The maximum Gasteiger partial charge on any atom is 0.245 e. The quantitative estimate of drug-likeness (QED) is 0.0125. The van der Waals surface area contributed by atoms with Crippen molar-refractivity contribution < 1.29 is 62.3 Å². The number of thioether (sulfide) groups is 1. The van der Waals surface area contributed by atoms with Crippen LogP contribution in [-0.2, 0) is 81.6 Å². The monoisotopic (exact) mass is 1510 g/mol. The Kier molecular flexibility index (Phi) is 33.0. The Labute approximate surface area is 631 Å². The van der Waals surface area contributed by atoms with Crippen LogP contribution in [0, 0.1) is 5.92 Å². The predicted octanol–water partition coefficient (Wildman–Crippen LogP) is -1.14. The number of carbonyl (C=O) groups excluding carboxylic acids is 13. The lowest BCUT2D eigenvalue weighted by Gasteiger charge is -2.32. The summed E-state index contributed by atoms with van der Waals surface area (Å²) in [6, 6.07) is 8.68. The lowest BCUT2D eigenvalue weighted by atomic mass is 9.99. The molecule has 7 rings (SSSR count). The first-order chi connectivity index (χ1) is 51.7. The van der Waals surface area contributed by atoms with E-state index >= 15 is 14.4 Å². The highest BCUT2D eigenvalue weighted by Crippen LogP contribution is 2.26. The van der Waals surface area contributed by atoms with Crippen LogP contribution in [0.5, 0.6) is 0 Å². The summed E-state index contributed by atoms with van der Waals surface area (Å²) in [6.07, 6.45) is 5.97. The van der Waals surface area contributed by atoms with E-state index in [9.17, 15) is 47.9 Å². The second kappa shape index (κ2) is 42.1. The second-order valence-corrected chi connectivity index (χ2v) is 28.8. The highest BCUT2D eigenvalue weighted by molar-refractivity contribution is 7.98. The molecular weight excluding hydrogens is 1410 g/mol. The molecule has 108 heavy (non-hydrogen) atoms. The molecule has 2 aromatic heterocycles. The fraction of sp³-hybridized carbons (Fsp3) is 0.514. The number of aromatic nitrogens is 2. The van der Waals surface area contributed by atoms with Gasteiger partial charge in [0.2, 0.25) is 76.8 Å². The largest absolute Gasteiger partial charge is 0.370 e. The summed E-state index contributed by atoms with van der Waals surface area (Å²) in [7, 11) is 0. The van der Waals surface area contributed by atoms with E-state index in [1.54, 1.807) is 73.1 Å². The number of amides is 13. The molecule has 33 nitrogen and oxygen atoms in total. The minimum Gasteiger partial charge on any atom is -0.370 e. The van der Waals surface area contributed by atoms with Gasteiger partial charge in [-0.3, -0.25) is 67.3 Å². The number of nitrogens with zero attached hydrogens (tertiary/aromatic N) is 3. The van der Waals surface area contributed by atoms with Gasteiger partial charge in [0.25, 0.3) is 0 Å². The molecule has 2 saturated heterocycles. The van der Waals surface area contributed by atoms with Gasteiger partial charge in [0.1, 0.15) is 60.4 Å². The Morgan fingerprint density at radius 1 is 0.500 bits per heavy atom. The zero-order valence-electron chi connectivity index (χ0n) is 61.5. The number of aliphatic imine (C=N–C) groups is 1. The first-order valence-corrected chi connectivity index (χ1v) is 38.1. The van der Waals surface area contributed by atoms with Crippen molar-refractivity contribution in [1.29, 1.82) is 0 Å². The lowest BCUT2D eigenvalue weighted by Crippen LogP contribution is -2.61. The molecular formula is C74H106N20O13S. The third kappa shape index (κ3) is 25.3. The number of carbonyl (C=O) groups is 13. The number of rotatable bonds is 44. The van der Waals surface area contributed by atoms with Crippen LogP contribution in [0.15, 0.2) is 96.2 Å². The van der Waals surface area contributed by atoms with Crippen molar-refractivity contribution in [3.05, 3.63) is 108 Å². The Hall–Kier alpha value is -10.6. The van der Waals surface area contributed by atoms with E-state index in [0.29, 0.717) is 71.9 Å². The molecule has 4 heterocycles. The number of hydrogen-bond donors (Lipinski definition) is 17. The molecule has 24 N–H and O–H groups in total. The summed E-state index contributed by atoms with van der Waals surface area (Å²) in [5.41, 5.74) is 43.1. The van der Waals surface area contributed by atoms with E-state index in [4.69, 9.17) is 40.1 Å². The average molecular weight is 1520 g/mol. The van der Waals surface area contributed by atoms with Gasteiger partial charge in [-0.1, -0.05) is 80.6 Å². The van der Waals surface area contributed by atoms with Gasteiger partial charge in [-0.2, -0.15) is 11.8 Å². The van der Waals surface area contributed by atoms with Gasteiger partial charge in [-0.15, -0.1) is 0 Å². The molecule has 0 unspecified atom stereocenters. The van der Waals surface area contributed by atoms with Gasteiger partial charge < -0.3 is 102 Å². The third-order valence-corrected chi connectivity index (χ3v) is 19.8. The van der Waals surface area contributed by atoms with Crippen LogP contribution < -0.4 is 82.7 Å². The number of hydrogen-bond acceptors (Lipinski definition) is 17. The zero-order chi connectivity index (χ0) is 78.6. The van der Waals surface area contributed by atoms with E-state index in [1.807, 2.05) is 38.3 Å². The van der Waals surface area contributed by atoms with Crippen molar-refractivity contribution in [1.82, 2.24) is 62.3 Å². The molecule has 13 amide bonds. The molecule has 34 heteroatoms. The standard InChI is InChI=1S/C74H106N20O13S/c1-42(2)36-55(66(100)85-51(63(79)97)30-35-108-3)89-68(102)58(39-45-41-84-50-22-10-8-19-47(45)50)92-67(101)56(37-43-16-5-4-6-17-43)90-69(103)57(38-44-40-83-49-21-9-7-18-46(44)49)91-65(99)52(26-28-61(77)95)86-64(98)53(27-29-62(78)96)87-70(104)60-25-15-34-94(60)73(107)54(23-11-12-31-75)88-71(105)59-24-14-33-93(59)72(106)48(76)20-13-32-82-74(80)81/h4-10,16-19,21-22,40-42,48,51-60,83-84H,11-15,20,23-39,75-76H2,1-3H3,(H2,77,95)(H2,78,96)(H2,79,97)(H,85,100)(H,86,98)(H,87,104)(H,88,105)(H,89,102)(H,90,103)(H,91,99)(H,92,101)(H4,80,81,82)/t48-,51+,52+,53+,54+,55+,56+,57-,58-,59-,60+/m1/s1. The molecule has 2 aliphatic rings. The molecule has 11 atom stereocenters. The van der Waals surface area contributed by atoms with E-state index in [1.165, 1.54) is 21.6 Å². The number of primary amides is 3. The summed E-state index contributed by atoms with van der Waals surface area (Å²) in [6.45, 7) is 4.52. The van der Waals surface area contributed by atoms with Crippen LogP contribution in [0.4, 0.5) is 0 Å². The number of para-hydroxylation sites is 2. The van der Waals surface area contributed by atoms with Crippen molar-refractivity contribution >= 4 is 116 Å². The number of nitrogens with one attached hydrogen (secondary N) is 10. The second-order valence-electron chi connectivity index (χ2n) is 27.8.